The molecule has 3 aromatic rings. The monoisotopic (exact) mass is 209 g/mol. The van der Waals surface area contributed by atoms with E-state index < -0.39 is 0 Å². The maximum absolute atomic E-state index is 4.36. The van der Waals surface area contributed by atoms with Gasteiger partial charge in [0.2, 0.25) is 0 Å². The Labute approximate surface area is 93.2 Å². The number of hydrogen-bond acceptors (Lipinski definition) is 3. The lowest BCUT2D eigenvalue weighted by Crippen LogP contribution is -1.92. The molecule has 0 aliphatic rings. The smallest absolute Gasteiger partial charge is 0.116 e. The molecule has 0 aliphatic heterocycles. The number of aromatic nitrogens is 3. The minimum Gasteiger partial charge on any atom is -0.264 e. The molecule has 16 heavy (non-hydrogen) atoms. The third-order valence-corrected chi connectivity index (χ3v) is 3.15. The summed E-state index contributed by atoms with van der Waals surface area (Å²) in [6, 6.07) is 2.02. The molecule has 0 N–H and O–H groups in total. The van der Waals surface area contributed by atoms with Gasteiger partial charge < -0.3 is 0 Å². The number of aryl methyl sites for hydroxylation is 2. The maximum atomic E-state index is 4.36. The summed E-state index contributed by atoms with van der Waals surface area (Å²) < 4.78 is 0. The molecule has 0 fully saturated rings. The molecule has 0 amide bonds. The predicted molar refractivity (Wildman–Crippen MR) is 64.3 cm³/mol. The summed E-state index contributed by atoms with van der Waals surface area (Å²) in [7, 11) is 0. The van der Waals surface area contributed by atoms with Crippen molar-refractivity contribution < 1.29 is 0 Å². The van der Waals surface area contributed by atoms with E-state index in [0.29, 0.717) is 0 Å². The van der Waals surface area contributed by atoms with E-state index in [-0.39, 0.29) is 0 Å². The number of hydrogen-bond donors (Lipinski definition) is 0. The first-order chi connectivity index (χ1) is 7.79. The van der Waals surface area contributed by atoms with Crippen LogP contribution in [0.25, 0.3) is 21.7 Å². The van der Waals surface area contributed by atoms with Gasteiger partial charge in [-0.15, -0.1) is 0 Å². The molecule has 1 aromatic carbocycles. The van der Waals surface area contributed by atoms with Crippen LogP contribution in [-0.2, 0) is 0 Å². The lowest BCUT2D eigenvalue weighted by Gasteiger charge is -2.09. The highest BCUT2D eigenvalue weighted by Gasteiger charge is 2.08. The van der Waals surface area contributed by atoms with E-state index in [9.17, 15) is 0 Å². The van der Waals surface area contributed by atoms with Crippen molar-refractivity contribution >= 4 is 21.7 Å². The van der Waals surface area contributed by atoms with Crippen LogP contribution in [0.15, 0.2) is 31.0 Å². The van der Waals surface area contributed by atoms with Crippen molar-refractivity contribution in [3.8, 4) is 0 Å². The molecule has 0 saturated heterocycles. The van der Waals surface area contributed by atoms with Crippen LogP contribution >= 0.6 is 0 Å². The number of fused-ring (bicyclic) bond motifs is 3. The molecule has 3 nitrogen and oxygen atoms in total. The minimum atomic E-state index is 1.03. The number of benzene rings is 1. The molecule has 0 radical (unpaired) electrons. The molecule has 3 rings (SSSR count). The molecular weight excluding hydrogens is 198 g/mol. The molecule has 2 heterocycles. The first kappa shape index (κ1) is 9.21. The third kappa shape index (κ3) is 1.11. The van der Waals surface area contributed by atoms with Crippen molar-refractivity contribution in [2.75, 3.05) is 0 Å². The Bertz CT molecular complexity index is 628. The van der Waals surface area contributed by atoms with E-state index in [2.05, 4.69) is 28.8 Å². The SMILES string of the molecule is Cc1c(C)c2ncncc2c2ccncc12. The fourth-order valence-electron chi connectivity index (χ4n) is 2.13. The molecule has 2 aromatic heterocycles. The first-order valence-corrected chi connectivity index (χ1v) is 5.21. The summed E-state index contributed by atoms with van der Waals surface area (Å²) in [5, 5.41) is 3.46. The standard InChI is InChI=1S/C13H11N3/c1-8-9(2)13-12(6-15-7-16-13)10-3-4-14-5-11(8)10/h3-7H,1-2H3. The number of rotatable bonds is 0. The highest BCUT2D eigenvalue weighted by molar-refractivity contribution is 6.08. The number of pyridine rings is 1. The first-order valence-electron chi connectivity index (χ1n) is 5.21. The van der Waals surface area contributed by atoms with Gasteiger partial charge in [0, 0.05) is 29.4 Å². The Morgan fingerprint density at radius 3 is 2.56 bits per heavy atom. The third-order valence-electron chi connectivity index (χ3n) is 3.15. The van der Waals surface area contributed by atoms with Crippen LogP contribution in [0, 0.1) is 13.8 Å². The van der Waals surface area contributed by atoms with Gasteiger partial charge in [-0.2, -0.15) is 0 Å². The van der Waals surface area contributed by atoms with Gasteiger partial charge in [0.1, 0.15) is 6.33 Å². The van der Waals surface area contributed by atoms with Crippen LogP contribution in [-0.4, -0.2) is 15.0 Å². The van der Waals surface area contributed by atoms with Crippen molar-refractivity contribution in [1.82, 2.24) is 15.0 Å². The second-order valence-electron chi connectivity index (χ2n) is 3.96. The molecule has 0 spiro atoms. The summed E-state index contributed by atoms with van der Waals surface area (Å²) in [6.07, 6.45) is 7.19. The van der Waals surface area contributed by atoms with Crippen LogP contribution in [0.2, 0.25) is 0 Å². The van der Waals surface area contributed by atoms with Gasteiger partial charge in [-0.05, 0) is 36.4 Å². The van der Waals surface area contributed by atoms with E-state index in [0.717, 1.165) is 10.9 Å². The van der Waals surface area contributed by atoms with E-state index in [1.807, 2.05) is 24.7 Å². The summed E-state index contributed by atoms with van der Waals surface area (Å²) in [5.74, 6) is 0. The predicted octanol–water partition coefficient (Wildman–Crippen LogP) is 2.79. The Morgan fingerprint density at radius 1 is 0.875 bits per heavy atom. The molecule has 78 valence electrons. The zero-order chi connectivity index (χ0) is 11.1. The van der Waals surface area contributed by atoms with Crippen molar-refractivity contribution in [3.63, 3.8) is 0 Å². The van der Waals surface area contributed by atoms with Crippen LogP contribution in [0.1, 0.15) is 11.1 Å². The average Bonchev–Trinajstić information content (AvgIpc) is 2.36. The highest BCUT2D eigenvalue weighted by Crippen LogP contribution is 2.29. The summed E-state index contributed by atoms with van der Waals surface area (Å²) in [4.78, 5) is 12.6. The van der Waals surface area contributed by atoms with E-state index >= 15 is 0 Å². The van der Waals surface area contributed by atoms with Crippen molar-refractivity contribution in [2.24, 2.45) is 0 Å². The maximum Gasteiger partial charge on any atom is 0.116 e. The topological polar surface area (TPSA) is 38.7 Å². The Balaban J connectivity index is 2.69. The molecule has 3 heteroatoms. The van der Waals surface area contributed by atoms with Crippen molar-refractivity contribution in [2.45, 2.75) is 13.8 Å². The van der Waals surface area contributed by atoms with E-state index in [4.69, 9.17) is 0 Å². The second-order valence-corrected chi connectivity index (χ2v) is 3.96. The van der Waals surface area contributed by atoms with Gasteiger partial charge in [-0.3, -0.25) is 4.98 Å². The van der Waals surface area contributed by atoms with Gasteiger partial charge in [0.05, 0.1) is 5.52 Å². The summed E-state index contributed by atoms with van der Waals surface area (Å²) in [5.41, 5.74) is 3.48. The quantitative estimate of drug-likeness (QED) is 0.534. The normalized spacial score (nSPS) is 11.1. The molecule has 0 atom stereocenters. The Morgan fingerprint density at radius 2 is 1.69 bits per heavy atom. The van der Waals surface area contributed by atoms with Crippen molar-refractivity contribution in [1.29, 1.82) is 0 Å². The molecular formula is C13H11N3. The Hall–Kier alpha value is -2.03. The fraction of sp³-hybridized carbons (Fsp3) is 0.154. The van der Waals surface area contributed by atoms with E-state index in [1.165, 1.54) is 21.9 Å². The van der Waals surface area contributed by atoms with E-state index in [1.54, 1.807) is 6.33 Å². The van der Waals surface area contributed by atoms with Gasteiger partial charge in [-0.25, -0.2) is 9.97 Å². The molecule has 0 saturated carbocycles. The average molecular weight is 209 g/mol. The largest absolute Gasteiger partial charge is 0.264 e. The van der Waals surface area contributed by atoms with Crippen LogP contribution in [0.5, 0.6) is 0 Å². The molecule has 0 unspecified atom stereocenters. The lowest BCUT2D eigenvalue weighted by atomic mass is 9.98. The highest BCUT2D eigenvalue weighted by atomic mass is 14.8. The van der Waals surface area contributed by atoms with Crippen LogP contribution < -0.4 is 0 Å². The van der Waals surface area contributed by atoms with Crippen LogP contribution in [0.3, 0.4) is 0 Å². The van der Waals surface area contributed by atoms with Gasteiger partial charge in [0.25, 0.3) is 0 Å². The van der Waals surface area contributed by atoms with Gasteiger partial charge in [0.15, 0.2) is 0 Å². The van der Waals surface area contributed by atoms with Crippen molar-refractivity contribution in [3.05, 3.63) is 42.1 Å². The van der Waals surface area contributed by atoms with Gasteiger partial charge >= 0.3 is 0 Å². The minimum absolute atomic E-state index is 1.03. The second kappa shape index (κ2) is 3.23. The zero-order valence-electron chi connectivity index (χ0n) is 9.23. The molecule has 0 aliphatic carbocycles. The van der Waals surface area contributed by atoms with Crippen LogP contribution in [0.4, 0.5) is 0 Å². The van der Waals surface area contributed by atoms with Gasteiger partial charge in [-0.1, -0.05) is 0 Å². The Kier molecular flexibility index (Phi) is 1.86. The molecule has 0 bridgehead atoms. The lowest BCUT2D eigenvalue weighted by molar-refractivity contribution is 1.21. The zero-order valence-corrected chi connectivity index (χ0v) is 9.23. The summed E-state index contributed by atoms with van der Waals surface area (Å²) in [6.45, 7) is 4.21. The summed E-state index contributed by atoms with van der Waals surface area (Å²) >= 11 is 0. The fourth-order valence-corrected chi connectivity index (χ4v) is 2.13. The number of nitrogens with zero attached hydrogens (tertiary/aromatic N) is 3.